The van der Waals surface area contributed by atoms with E-state index in [0.29, 0.717) is 24.3 Å². The zero-order chi connectivity index (χ0) is 21.5. The van der Waals surface area contributed by atoms with Gasteiger partial charge in [0, 0.05) is 58.8 Å². The Balaban J connectivity index is 1.15. The summed E-state index contributed by atoms with van der Waals surface area (Å²) in [5.41, 5.74) is 1.36. The molecule has 1 saturated heterocycles. The van der Waals surface area contributed by atoms with E-state index in [1.165, 1.54) is 5.56 Å². The Morgan fingerprint density at radius 2 is 1.84 bits per heavy atom. The summed E-state index contributed by atoms with van der Waals surface area (Å²) in [4.78, 5) is 18.3. The van der Waals surface area contributed by atoms with Crippen molar-refractivity contribution in [2.75, 3.05) is 39.3 Å². The fraction of sp³-hybridized carbons (Fsp3) is 0.409. The third-order valence-electron chi connectivity index (χ3n) is 5.53. The number of amides is 1. The molecular formula is C22H28N6OS2. The van der Waals surface area contributed by atoms with E-state index in [9.17, 15) is 4.79 Å². The van der Waals surface area contributed by atoms with Crippen molar-refractivity contribution < 1.29 is 4.79 Å². The Labute approximate surface area is 191 Å². The molecular weight excluding hydrogens is 428 g/mol. The first-order valence-corrected chi connectivity index (χ1v) is 11.9. The lowest BCUT2D eigenvalue weighted by molar-refractivity contribution is -0.121. The van der Waals surface area contributed by atoms with Crippen LogP contribution in [0.2, 0.25) is 0 Å². The molecule has 1 aliphatic heterocycles. The van der Waals surface area contributed by atoms with Gasteiger partial charge in [-0.05, 0) is 29.2 Å². The lowest BCUT2D eigenvalue weighted by atomic mass is 10.2. The van der Waals surface area contributed by atoms with Crippen LogP contribution in [0.25, 0.3) is 10.7 Å². The molecule has 3 aromatic rings. The second kappa shape index (κ2) is 10.8. The van der Waals surface area contributed by atoms with Crippen molar-refractivity contribution >= 4 is 29.5 Å². The van der Waals surface area contributed by atoms with Crippen molar-refractivity contribution in [3.8, 4) is 10.7 Å². The number of benzene rings is 1. The first-order valence-electron chi connectivity index (χ1n) is 10.6. The van der Waals surface area contributed by atoms with E-state index in [1.54, 1.807) is 11.3 Å². The predicted octanol–water partition coefficient (Wildman–Crippen LogP) is 2.99. The summed E-state index contributed by atoms with van der Waals surface area (Å²) < 4.78 is 2.44. The monoisotopic (exact) mass is 456 g/mol. The molecule has 4 rings (SSSR count). The Hall–Kier alpha value is -2.33. The Kier molecular flexibility index (Phi) is 7.63. The largest absolute Gasteiger partial charge is 0.355 e. The highest BCUT2D eigenvalue weighted by atomic mass is 32.1. The average molecular weight is 457 g/mol. The summed E-state index contributed by atoms with van der Waals surface area (Å²) in [6, 6.07) is 14.6. The van der Waals surface area contributed by atoms with Gasteiger partial charge < -0.3 is 5.32 Å². The molecule has 3 heterocycles. The molecule has 1 aromatic carbocycles. The molecule has 9 heteroatoms. The first kappa shape index (κ1) is 21.9. The maximum absolute atomic E-state index is 12.3. The van der Waals surface area contributed by atoms with Crippen molar-refractivity contribution in [1.82, 2.24) is 29.9 Å². The van der Waals surface area contributed by atoms with Gasteiger partial charge in [0.15, 0.2) is 10.6 Å². The zero-order valence-corrected chi connectivity index (χ0v) is 19.1. The number of carbonyl (C=O) groups excluding carboxylic acids is 1. The number of piperazine rings is 1. The fourth-order valence-electron chi connectivity index (χ4n) is 3.79. The smallest absolute Gasteiger partial charge is 0.221 e. The number of nitrogens with one attached hydrogen (secondary N) is 2. The molecule has 1 aliphatic rings. The van der Waals surface area contributed by atoms with Crippen molar-refractivity contribution in [3.05, 3.63) is 58.2 Å². The normalized spacial score (nSPS) is 15.2. The highest BCUT2D eigenvalue weighted by molar-refractivity contribution is 7.71. The van der Waals surface area contributed by atoms with Gasteiger partial charge in [0.2, 0.25) is 5.91 Å². The molecule has 0 unspecified atom stereocenters. The number of hydrogen-bond acceptors (Lipinski definition) is 6. The van der Waals surface area contributed by atoms with Gasteiger partial charge in [-0.2, -0.15) is 5.10 Å². The van der Waals surface area contributed by atoms with Gasteiger partial charge in [0.25, 0.3) is 0 Å². The molecule has 164 valence electrons. The number of aromatic amines is 1. The highest BCUT2D eigenvalue weighted by Gasteiger charge is 2.17. The highest BCUT2D eigenvalue weighted by Crippen LogP contribution is 2.22. The molecule has 0 spiro atoms. The number of H-pyrrole nitrogens is 1. The maximum atomic E-state index is 12.3. The molecule has 0 saturated carbocycles. The van der Waals surface area contributed by atoms with Gasteiger partial charge >= 0.3 is 0 Å². The van der Waals surface area contributed by atoms with Crippen LogP contribution < -0.4 is 5.32 Å². The van der Waals surface area contributed by atoms with Crippen LogP contribution in [0.3, 0.4) is 0 Å². The van der Waals surface area contributed by atoms with Crippen molar-refractivity contribution in [2.45, 2.75) is 19.5 Å². The van der Waals surface area contributed by atoms with Crippen LogP contribution in [0.5, 0.6) is 0 Å². The van der Waals surface area contributed by atoms with Gasteiger partial charge in [-0.25, -0.2) is 0 Å². The van der Waals surface area contributed by atoms with Crippen LogP contribution in [0.4, 0.5) is 0 Å². The molecule has 1 amide bonds. The van der Waals surface area contributed by atoms with Crippen LogP contribution in [-0.4, -0.2) is 69.7 Å². The SMILES string of the molecule is O=C(CCn1c(-c2cccs2)n[nH]c1=S)NCCN1CCN(Cc2ccccc2)CC1. The van der Waals surface area contributed by atoms with Crippen LogP contribution >= 0.6 is 23.6 Å². The molecule has 31 heavy (non-hydrogen) atoms. The molecule has 2 N–H and O–H groups in total. The van der Waals surface area contributed by atoms with Crippen molar-refractivity contribution in [3.63, 3.8) is 0 Å². The average Bonchev–Trinajstić information content (AvgIpc) is 3.44. The van der Waals surface area contributed by atoms with E-state index < -0.39 is 0 Å². The minimum Gasteiger partial charge on any atom is -0.355 e. The van der Waals surface area contributed by atoms with Gasteiger partial charge in [-0.1, -0.05) is 36.4 Å². The summed E-state index contributed by atoms with van der Waals surface area (Å²) >= 11 is 6.94. The topological polar surface area (TPSA) is 69.2 Å². The van der Waals surface area contributed by atoms with Crippen LogP contribution in [0.1, 0.15) is 12.0 Å². The third kappa shape index (κ3) is 6.10. The molecule has 1 fully saturated rings. The van der Waals surface area contributed by atoms with E-state index in [4.69, 9.17) is 12.2 Å². The Bertz CT molecular complexity index is 1010. The van der Waals surface area contributed by atoms with E-state index in [-0.39, 0.29) is 5.91 Å². The van der Waals surface area contributed by atoms with Gasteiger partial charge in [-0.15, -0.1) is 11.3 Å². The number of hydrogen-bond donors (Lipinski definition) is 2. The summed E-state index contributed by atoms with van der Waals surface area (Å²) in [5, 5.41) is 12.2. The summed E-state index contributed by atoms with van der Waals surface area (Å²) in [6.07, 6.45) is 0.386. The number of thiophene rings is 1. The summed E-state index contributed by atoms with van der Waals surface area (Å²) in [7, 11) is 0. The predicted molar refractivity (Wildman–Crippen MR) is 127 cm³/mol. The van der Waals surface area contributed by atoms with E-state index in [2.05, 4.69) is 55.6 Å². The lowest BCUT2D eigenvalue weighted by Crippen LogP contribution is -2.48. The first-order chi connectivity index (χ1) is 15.2. The van der Waals surface area contributed by atoms with E-state index in [0.717, 1.165) is 50.0 Å². The second-order valence-corrected chi connectivity index (χ2v) is 9.02. The van der Waals surface area contributed by atoms with Crippen LogP contribution in [0, 0.1) is 4.77 Å². The van der Waals surface area contributed by atoms with Crippen LogP contribution in [-0.2, 0) is 17.9 Å². The number of rotatable bonds is 9. The van der Waals surface area contributed by atoms with Gasteiger partial charge in [0.1, 0.15) is 0 Å². The minimum absolute atomic E-state index is 0.0444. The molecule has 2 aromatic heterocycles. The van der Waals surface area contributed by atoms with E-state index in [1.807, 2.05) is 22.1 Å². The Morgan fingerprint density at radius 3 is 2.58 bits per heavy atom. The standard InChI is InChI=1S/C22H28N6OS2/c29-20(8-10-28-21(24-25-22(28)30)19-7-4-16-31-19)23-9-11-26-12-14-27(15-13-26)17-18-5-2-1-3-6-18/h1-7,16H,8-15,17H2,(H,23,29)(H,25,30). The molecule has 0 aliphatic carbocycles. The summed E-state index contributed by atoms with van der Waals surface area (Å²) in [6.45, 7) is 7.29. The van der Waals surface area contributed by atoms with Crippen molar-refractivity contribution in [1.29, 1.82) is 0 Å². The van der Waals surface area contributed by atoms with Crippen LogP contribution in [0.15, 0.2) is 47.8 Å². The third-order valence-corrected chi connectivity index (χ3v) is 6.70. The van der Waals surface area contributed by atoms with Gasteiger partial charge in [-0.3, -0.25) is 24.3 Å². The second-order valence-electron chi connectivity index (χ2n) is 7.68. The lowest BCUT2D eigenvalue weighted by Gasteiger charge is -2.34. The van der Waals surface area contributed by atoms with Gasteiger partial charge in [0.05, 0.1) is 4.88 Å². The molecule has 7 nitrogen and oxygen atoms in total. The van der Waals surface area contributed by atoms with Crippen molar-refractivity contribution in [2.24, 2.45) is 0 Å². The number of carbonyl (C=O) groups is 1. The Morgan fingerprint density at radius 1 is 1.06 bits per heavy atom. The molecule has 0 bridgehead atoms. The molecule has 0 radical (unpaired) electrons. The zero-order valence-electron chi connectivity index (χ0n) is 17.5. The summed E-state index contributed by atoms with van der Waals surface area (Å²) in [5.74, 6) is 0.837. The molecule has 0 atom stereocenters. The quantitative estimate of drug-likeness (QED) is 0.485. The number of nitrogens with zero attached hydrogens (tertiary/aromatic N) is 4. The minimum atomic E-state index is 0.0444. The number of aromatic nitrogens is 3. The maximum Gasteiger partial charge on any atom is 0.221 e. The fourth-order valence-corrected chi connectivity index (χ4v) is 4.73. The van der Waals surface area contributed by atoms with E-state index >= 15 is 0 Å².